The number of carbonyl (C=O) groups excluding carboxylic acids is 2. The number of hydrogen-bond acceptors (Lipinski definition) is 5. The molecule has 7 nitrogen and oxygen atoms in total. The molecular weight excluding hydrogens is 1280 g/mol. The van der Waals surface area contributed by atoms with Crippen molar-refractivity contribution in [1.82, 2.24) is 19.6 Å². The molecule has 2 amide bonds. The van der Waals surface area contributed by atoms with E-state index in [4.69, 9.17) is 16.7 Å². The van der Waals surface area contributed by atoms with Crippen LogP contribution in [0, 0.1) is 0 Å². The second-order valence-electron chi connectivity index (χ2n) is 10.9. The van der Waals surface area contributed by atoms with Crippen LogP contribution >= 0.6 is 111 Å². The Labute approximate surface area is 369 Å². The van der Waals surface area contributed by atoms with Gasteiger partial charge < -0.3 is 14.9 Å². The molecule has 2 saturated heterocycles. The van der Waals surface area contributed by atoms with Gasteiger partial charge in [-0.25, -0.2) is 0 Å². The first-order chi connectivity index (χ1) is 23.4. The average Bonchev–Trinajstić information content (AvgIpc) is 3.10. The summed E-state index contributed by atoms with van der Waals surface area (Å²) in [5.74, 6) is -0.0467. The molecule has 2 aliphatic heterocycles. The van der Waals surface area contributed by atoms with Crippen molar-refractivity contribution in [1.29, 1.82) is 0 Å². The molecule has 2 heterocycles. The summed E-state index contributed by atoms with van der Waals surface area (Å²) in [7, 11) is 0.628. The van der Waals surface area contributed by atoms with Crippen molar-refractivity contribution in [3.05, 3.63) is 71.8 Å². The molecule has 2 aromatic carbocycles. The van der Waals surface area contributed by atoms with Gasteiger partial charge in [-0.2, -0.15) is 0 Å². The van der Waals surface area contributed by atoms with Crippen molar-refractivity contribution in [3.8, 4) is 0 Å². The van der Waals surface area contributed by atoms with Crippen LogP contribution < -0.4 is 0 Å². The number of piperazine rings is 2. The maximum absolute atomic E-state index is 11.8. The van der Waals surface area contributed by atoms with Crippen molar-refractivity contribution in [2.45, 2.75) is 92.6 Å². The van der Waals surface area contributed by atoms with Crippen molar-refractivity contribution in [3.63, 3.8) is 0 Å². The van der Waals surface area contributed by atoms with Crippen molar-refractivity contribution in [2.75, 3.05) is 38.7 Å². The van der Waals surface area contributed by atoms with E-state index < -0.39 is 6.61 Å². The number of benzene rings is 2. The molecule has 2 fully saturated rings. The minimum absolute atomic E-state index is 0.0420. The molecule has 0 saturated carbocycles. The predicted octanol–water partition coefficient (Wildman–Crippen LogP) is 9.92. The second kappa shape index (κ2) is 33.7. The number of rotatable bonds is 6. The van der Waals surface area contributed by atoms with Gasteiger partial charge in [-0.3, -0.25) is 19.4 Å². The third-order valence-corrected chi connectivity index (χ3v) is 7.81. The predicted molar refractivity (Wildman–Crippen MR) is 246 cm³/mol. The van der Waals surface area contributed by atoms with Gasteiger partial charge in [0.25, 0.3) is 0 Å². The zero-order valence-corrected chi connectivity index (χ0v) is 44.3. The molecule has 4 atom stereocenters. The topological polar surface area (TPSA) is 67.3 Å². The number of hydrogen-bond donors (Lipinski definition) is 1. The summed E-state index contributed by atoms with van der Waals surface area (Å²) in [5, 5.41) is 8.99. The molecule has 0 spiro atoms. The Balaban J connectivity index is 0. The molecule has 0 aliphatic carbocycles. The van der Waals surface area contributed by atoms with Crippen LogP contribution in [-0.2, 0) is 37.1 Å². The van der Waals surface area contributed by atoms with Gasteiger partial charge in [0.2, 0.25) is 11.8 Å². The van der Waals surface area contributed by atoms with Crippen LogP contribution in [0.2, 0.25) is 0 Å². The molecule has 15 heteroatoms. The van der Waals surface area contributed by atoms with E-state index >= 15 is 0 Å². The monoisotopic (exact) mass is 1340 g/mol. The van der Waals surface area contributed by atoms with Crippen LogP contribution in [0.4, 0.5) is 0 Å². The third-order valence-electron chi connectivity index (χ3n) is 7.58. The van der Waals surface area contributed by atoms with Gasteiger partial charge >= 0.3 is 114 Å². The van der Waals surface area contributed by atoms with Gasteiger partial charge in [0.15, 0.2) is 0 Å². The van der Waals surface area contributed by atoms with E-state index in [0.29, 0.717) is 28.1 Å². The van der Waals surface area contributed by atoms with Gasteiger partial charge in [0, 0.05) is 63.4 Å². The number of carbonyl (C=O) groups is 2. The molecule has 0 radical (unpaired) electrons. The van der Waals surface area contributed by atoms with Crippen LogP contribution in [0.25, 0.3) is 0 Å². The first kappa shape index (κ1) is 53.5. The Kier molecular flexibility index (Phi) is 36.8. The summed E-state index contributed by atoms with van der Waals surface area (Å²) >= 11 is 17.8. The molecule has 49 heavy (non-hydrogen) atoms. The van der Waals surface area contributed by atoms with E-state index in [0.717, 1.165) is 32.7 Å². The van der Waals surface area contributed by atoms with Crippen LogP contribution in [0.5, 0.6) is 0 Å². The summed E-state index contributed by atoms with van der Waals surface area (Å²) in [6.45, 7) is 21.1. The Morgan fingerprint density at radius 1 is 0.694 bits per heavy atom. The van der Waals surface area contributed by atoms with E-state index in [9.17, 15) is 9.59 Å². The van der Waals surface area contributed by atoms with Gasteiger partial charge in [0.1, 0.15) is 12.5 Å². The van der Waals surface area contributed by atoms with Gasteiger partial charge in [-0.15, -0.1) is 11.6 Å². The Bertz CT molecular complexity index is 1020. The van der Waals surface area contributed by atoms with Crippen molar-refractivity contribution in [2.24, 2.45) is 0 Å². The molecule has 281 valence electrons. The normalized spacial score (nSPS) is 20.2. The zero-order valence-electron chi connectivity index (χ0n) is 30.0. The van der Waals surface area contributed by atoms with E-state index in [1.165, 1.54) is 11.1 Å². The fourth-order valence-electron chi connectivity index (χ4n) is 5.34. The summed E-state index contributed by atoms with van der Waals surface area (Å²) < 4.78 is 0. The summed E-state index contributed by atoms with van der Waals surface area (Å²) in [4.78, 5) is 31.6. The second-order valence-corrected chi connectivity index (χ2v) is 58.3. The number of amides is 2. The standard InChI is InChI=1S/C15H21ClN2O.C15H22N2O2.2C2H6.5HI.2V/c1-12-10-18(15(19)8-16)13(2)9-17(12)11-14-6-4-3-5-7-14;1-12-9-17(15(19)11-18)13(2)8-16(12)10-14-6-4-3-5-7-14;2*1-2;;;;;;;/h3-7,12-13H,8-11H2,1-2H3;3-7,12-13,18H,8-11H2,1-2H3;2*1-2H3;5*1H;;/q;;;;;;;;;+2;+3/p-5. The summed E-state index contributed by atoms with van der Waals surface area (Å²) in [6.07, 6.45) is 0. The molecule has 4 unspecified atom stereocenters. The van der Waals surface area contributed by atoms with E-state index in [-0.39, 0.29) is 34.7 Å². The van der Waals surface area contributed by atoms with E-state index in [2.05, 4.69) is 179 Å². The molecule has 0 bridgehead atoms. The van der Waals surface area contributed by atoms with Crippen molar-refractivity contribution >= 4 is 123 Å². The Hall–Kier alpha value is 2.37. The summed E-state index contributed by atoms with van der Waals surface area (Å²) in [6, 6.07) is 21.9. The SMILES string of the molecule is CC.CC.CC1CN(C(=O)CCl)C(C)CN1Cc1ccccc1.CC1CN(C(=O)CO)C(C)CN1Cc1ccccc1.[I][V]([I])[I].[I][V][I]. The van der Waals surface area contributed by atoms with Crippen LogP contribution in [-0.4, -0.2) is 99.4 Å². The van der Waals surface area contributed by atoms with Gasteiger partial charge in [0.05, 0.1) is 0 Å². The maximum atomic E-state index is 11.8. The number of alkyl halides is 1. The number of nitrogens with zero attached hydrogens (tertiary/aromatic N) is 4. The fourth-order valence-corrected chi connectivity index (χ4v) is 5.49. The first-order valence-electron chi connectivity index (χ1n) is 16.4. The number of aliphatic hydroxyl groups excluding tert-OH is 1. The van der Waals surface area contributed by atoms with E-state index in [1.807, 2.05) is 51.7 Å². The van der Waals surface area contributed by atoms with Gasteiger partial charge in [-0.05, 0) is 38.8 Å². The quantitative estimate of drug-likeness (QED) is 0.231. The molecule has 2 aliphatic rings. The van der Waals surface area contributed by atoms with Crippen LogP contribution in [0.1, 0.15) is 66.5 Å². The zero-order chi connectivity index (χ0) is 37.9. The van der Waals surface area contributed by atoms with E-state index in [1.54, 1.807) is 4.90 Å². The van der Waals surface area contributed by atoms with Crippen molar-refractivity contribution < 1.29 is 29.1 Å². The van der Waals surface area contributed by atoms with Gasteiger partial charge in [-0.1, -0.05) is 88.4 Å². The Morgan fingerprint density at radius 3 is 1.29 bits per heavy atom. The molecule has 2 aromatic rings. The summed E-state index contributed by atoms with van der Waals surface area (Å²) in [5.41, 5.74) is 2.61. The molecule has 0 aromatic heterocycles. The number of halogens is 6. The minimum atomic E-state index is -0.393. The Morgan fingerprint density at radius 2 is 1.00 bits per heavy atom. The molecule has 1 N–H and O–H groups in total. The number of aliphatic hydroxyl groups is 1. The molecular formula is C34H55ClI5N4O3V2. The van der Waals surface area contributed by atoms with Crippen LogP contribution in [0.3, 0.4) is 0 Å². The average molecular weight is 1340 g/mol. The first-order valence-corrected chi connectivity index (χ1v) is 39.5. The van der Waals surface area contributed by atoms with Crippen LogP contribution in [0.15, 0.2) is 60.7 Å². The fraction of sp³-hybridized carbons (Fsp3) is 0.588. The third kappa shape index (κ3) is 23.8. The molecule has 4 rings (SSSR count).